The number of carbonyl (C=O) groups excluding carboxylic acids is 1. The summed E-state index contributed by atoms with van der Waals surface area (Å²) in [6.07, 6.45) is 11.3. The van der Waals surface area contributed by atoms with Gasteiger partial charge in [0, 0.05) is 26.1 Å². The lowest BCUT2D eigenvalue weighted by Crippen LogP contribution is -2.43. The molecule has 1 spiro atoms. The van der Waals surface area contributed by atoms with Crippen molar-refractivity contribution in [2.24, 2.45) is 5.41 Å². The molecule has 0 aromatic rings. The molecule has 130 valence electrons. The van der Waals surface area contributed by atoms with Gasteiger partial charge in [0.15, 0.2) is 0 Å². The molecule has 0 N–H and O–H groups in total. The molecule has 2 saturated heterocycles. The summed E-state index contributed by atoms with van der Waals surface area (Å²) in [6, 6.07) is 0. The molecule has 2 heterocycles. The summed E-state index contributed by atoms with van der Waals surface area (Å²) >= 11 is 0. The number of piperidine rings is 1. The van der Waals surface area contributed by atoms with Crippen molar-refractivity contribution >= 4 is 5.91 Å². The Morgan fingerprint density at radius 3 is 2.91 bits per heavy atom. The van der Waals surface area contributed by atoms with Gasteiger partial charge in [-0.2, -0.15) is 0 Å². The standard InChI is InChI=1S/C19H31NO3/c1-2-22-14-17-13-19(15-23-17)8-10-20(11-9-19)18(21)12-16-6-4-3-5-7-16/h6,17H,2-5,7-15H2,1H3. The van der Waals surface area contributed by atoms with Crippen LogP contribution in [0.25, 0.3) is 0 Å². The number of hydrogen-bond acceptors (Lipinski definition) is 3. The molecule has 3 rings (SSSR count). The van der Waals surface area contributed by atoms with Crippen molar-refractivity contribution in [3.8, 4) is 0 Å². The van der Waals surface area contributed by atoms with Gasteiger partial charge < -0.3 is 14.4 Å². The molecule has 4 nitrogen and oxygen atoms in total. The molecule has 0 aromatic heterocycles. The Bertz CT molecular complexity index is 438. The number of likely N-dealkylation sites (tertiary alicyclic amines) is 1. The molecular weight excluding hydrogens is 290 g/mol. The lowest BCUT2D eigenvalue weighted by atomic mass is 9.76. The molecule has 1 atom stereocenters. The number of ether oxygens (including phenoxy) is 2. The average Bonchev–Trinajstić information content (AvgIpc) is 2.97. The van der Waals surface area contributed by atoms with E-state index in [1.807, 2.05) is 6.92 Å². The third kappa shape index (κ3) is 4.36. The lowest BCUT2D eigenvalue weighted by molar-refractivity contribution is -0.132. The van der Waals surface area contributed by atoms with Crippen LogP contribution in [0.5, 0.6) is 0 Å². The highest BCUT2D eigenvalue weighted by molar-refractivity contribution is 5.78. The number of hydrogen-bond donors (Lipinski definition) is 0. The molecular formula is C19H31NO3. The van der Waals surface area contributed by atoms with Crippen LogP contribution in [0.3, 0.4) is 0 Å². The summed E-state index contributed by atoms with van der Waals surface area (Å²) in [6.45, 7) is 6.14. The summed E-state index contributed by atoms with van der Waals surface area (Å²) < 4.78 is 11.4. The number of nitrogens with zero attached hydrogens (tertiary/aromatic N) is 1. The van der Waals surface area contributed by atoms with Gasteiger partial charge in [-0.3, -0.25) is 4.79 Å². The van der Waals surface area contributed by atoms with Gasteiger partial charge in [0.1, 0.15) is 0 Å². The highest BCUT2D eigenvalue weighted by Crippen LogP contribution is 2.42. The maximum Gasteiger partial charge on any atom is 0.226 e. The summed E-state index contributed by atoms with van der Waals surface area (Å²) in [5.74, 6) is 0.331. The second-order valence-corrected chi connectivity index (χ2v) is 7.46. The molecule has 23 heavy (non-hydrogen) atoms. The van der Waals surface area contributed by atoms with E-state index < -0.39 is 0 Å². The minimum atomic E-state index is 0.254. The van der Waals surface area contributed by atoms with Crippen LogP contribution in [0.15, 0.2) is 11.6 Å². The topological polar surface area (TPSA) is 38.8 Å². The molecule has 0 saturated carbocycles. The molecule has 2 fully saturated rings. The number of amides is 1. The second kappa shape index (κ2) is 7.80. The zero-order valence-corrected chi connectivity index (χ0v) is 14.5. The van der Waals surface area contributed by atoms with Crippen molar-refractivity contribution < 1.29 is 14.3 Å². The van der Waals surface area contributed by atoms with E-state index in [4.69, 9.17) is 9.47 Å². The molecule has 2 aliphatic heterocycles. The van der Waals surface area contributed by atoms with Crippen LogP contribution in [0.1, 0.15) is 58.3 Å². The summed E-state index contributed by atoms with van der Waals surface area (Å²) in [4.78, 5) is 14.6. The Kier molecular flexibility index (Phi) is 5.76. The molecule has 1 aliphatic carbocycles. The second-order valence-electron chi connectivity index (χ2n) is 7.46. The van der Waals surface area contributed by atoms with E-state index in [1.165, 1.54) is 18.4 Å². The molecule has 3 aliphatic rings. The van der Waals surface area contributed by atoms with E-state index in [0.29, 0.717) is 17.7 Å². The first-order valence-corrected chi connectivity index (χ1v) is 9.36. The molecule has 0 aromatic carbocycles. The van der Waals surface area contributed by atoms with E-state index in [-0.39, 0.29) is 6.10 Å². The first-order valence-electron chi connectivity index (χ1n) is 9.36. The lowest BCUT2D eigenvalue weighted by Gasteiger charge is -2.38. The van der Waals surface area contributed by atoms with Crippen molar-refractivity contribution in [2.75, 3.05) is 32.9 Å². The first-order chi connectivity index (χ1) is 11.2. The van der Waals surface area contributed by atoms with E-state index in [0.717, 1.165) is 65.0 Å². The monoisotopic (exact) mass is 321 g/mol. The Labute approximate surface area is 140 Å². The molecule has 4 heteroatoms. The zero-order valence-electron chi connectivity index (χ0n) is 14.5. The fourth-order valence-electron chi connectivity index (χ4n) is 4.20. The smallest absolute Gasteiger partial charge is 0.226 e. The summed E-state index contributed by atoms with van der Waals surface area (Å²) in [7, 11) is 0. The van der Waals surface area contributed by atoms with Gasteiger partial charge in [0.05, 0.1) is 19.3 Å². The maximum absolute atomic E-state index is 12.5. The SMILES string of the molecule is CCOCC1CC2(CCN(C(=O)CC3=CCCCC3)CC2)CO1. The number of carbonyl (C=O) groups is 1. The minimum Gasteiger partial charge on any atom is -0.379 e. The number of allylic oxidation sites excluding steroid dienone is 1. The van der Waals surface area contributed by atoms with Crippen LogP contribution in [0, 0.1) is 5.41 Å². The van der Waals surface area contributed by atoms with Crippen LogP contribution >= 0.6 is 0 Å². The van der Waals surface area contributed by atoms with Crippen LogP contribution < -0.4 is 0 Å². The van der Waals surface area contributed by atoms with Crippen molar-refractivity contribution in [1.82, 2.24) is 4.90 Å². The average molecular weight is 321 g/mol. The van der Waals surface area contributed by atoms with Crippen molar-refractivity contribution in [3.05, 3.63) is 11.6 Å². The molecule has 0 bridgehead atoms. The van der Waals surface area contributed by atoms with Crippen molar-refractivity contribution in [3.63, 3.8) is 0 Å². The molecule has 1 unspecified atom stereocenters. The van der Waals surface area contributed by atoms with Crippen molar-refractivity contribution in [1.29, 1.82) is 0 Å². The van der Waals surface area contributed by atoms with Crippen LogP contribution in [0.2, 0.25) is 0 Å². The highest BCUT2D eigenvalue weighted by atomic mass is 16.5. The fraction of sp³-hybridized carbons (Fsp3) is 0.842. The van der Waals surface area contributed by atoms with E-state index in [1.54, 1.807) is 0 Å². The van der Waals surface area contributed by atoms with Gasteiger partial charge in [-0.05, 0) is 57.3 Å². The van der Waals surface area contributed by atoms with E-state index in [2.05, 4.69) is 11.0 Å². The van der Waals surface area contributed by atoms with E-state index >= 15 is 0 Å². The third-order valence-electron chi connectivity index (χ3n) is 5.73. The Balaban J connectivity index is 1.45. The minimum absolute atomic E-state index is 0.254. The van der Waals surface area contributed by atoms with Crippen molar-refractivity contribution in [2.45, 2.75) is 64.4 Å². The predicted molar refractivity (Wildman–Crippen MR) is 90.3 cm³/mol. The van der Waals surface area contributed by atoms with Crippen LogP contribution in [-0.2, 0) is 14.3 Å². The van der Waals surface area contributed by atoms with Gasteiger partial charge in [-0.25, -0.2) is 0 Å². The summed E-state index contributed by atoms with van der Waals surface area (Å²) in [5, 5.41) is 0. The Morgan fingerprint density at radius 2 is 2.22 bits per heavy atom. The molecule has 1 amide bonds. The fourth-order valence-corrected chi connectivity index (χ4v) is 4.20. The Hall–Kier alpha value is -0.870. The Morgan fingerprint density at radius 1 is 1.39 bits per heavy atom. The van der Waals surface area contributed by atoms with Gasteiger partial charge in [0.2, 0.25) is 5.91 Å². The third-order valence-corrected chi connectivity index (χ3v) is 5.73. The maximum atomic E-state index is 12.5. The quantitative estimate of drug-likeness (QED) is 0.729. The van der Waals surface area contributed by atoms with Gasteiger partial charge in [-0.1, -0.05) is 11.6 Å². The first kappa shape index (κ1) is 17.0. The molecule has 0 radical (unpaired) electrons. The number of rotatable bonds is 5. The normalized spacial score (nSPS) is 27.3. The summed E-state index contributed by atoms with van der Waals surface area (Å²) in [5.41, 5.74) is 1.66. The largest absolute Gasteiger partial charge is 0.379 e. The van der Waals surface area contributed by atoms with Crippen LogP contribution in [-0.4, -0.2) is 49.8 Å². The van der Waals surface area contributed by atoms with Crippen LogP contribution in [0.4, 0.5) is 0 Å². The van der Waals surface area contributed by atoms with E-state index in [9.17, 15) is 4.79 Å². The predicted octanol–water partition coefficient (Wildman–Crippen LogP) is 3.31. The van der Waals surface area contributed by atoms with Gasteiger partial charge in [0.25, 0.3) is 0 Å². The highest BCUT2D eigenvalue weighted by Gasteiger charge is 2.43. The van der Waals surface area contributed by atoms with Gasteiger partial charge >= 0.3 is 0 Å². The van der Waals surface area contributed by atoms with Gasteiger partial charge in [-0.15, -0.1) is 0 Å². The zero-order chi connectivity index (χ0) is 16.1.